The number of esters is 2. The minimum absolute atomic E-state index is 0.0386. The molecule has 0 heterocycles. The normalized spacial score (nSPS) is 18.1. The largest absolute Gasteiger partial charge is 0.468 e. The van der Waals surface area contributed by atoms with Gasteiger partial charge >= 0.3 is 11.9 Å². The van der Waals surface area contributed by atoms with Crippen LogP contribution in [0.5, 0.6) is 0 Å². The average Bonchev–Trinajstić information content (AvgIpc) is 2.80. The molecular formula is C14H25NO4. The summed E-state index contributed by atoms with van der Waals surface area (Å²) in [6, 6.07) is -0.416. The number of methoxy groups -OCH3 is 1. The van der Waals surface area contributed by atoms with Gasteiger partial charge in [0.25, 0.3) is 0 Å². The first kappa shape index (κ1) is 16.0. The number of rotatable bonds is 5. The van der Waals surface area contributed by atoms with E-state index in [1.54, 1.807) is 0 Å². The van der Waals surface area contributed by atoms with Crippen LogP contribution in [0.3, 0.4) is 0 Å². The second-order valence-electron chi connectivity index (χ2n) is 6.01. The molecule has 0 aromatic heterocycles. The number of carbonyl (C=O) groups is 2. The van der Waals surface area contributed by atoms with Gasteiger partial charge in [0, 0.05) is 0 Å². The van der Waals surface area contributed by atoms with Gasteiger partial charge in [0.15, 0.2) is 0 Å². The van der Waals surface area contributed by atoms with E-state index in [1.807, 2.05) is 20.8 Å². The van der Waals surface area contributed by atoms with Gasteiger partial charge in [0.2, 0.25) is 0 Å². The Morgan fingerprint density at radius 1 is 1.26 bits per heavy atom. The number of carbonyl (C=O) groups excluding carboxylic acids is 2. The van der Waals surface area contributed by atoms with Gasteiger partial charge in [-0.05, 0) is 39.5 Å². The zero-order chi connectivity index (χ0) is 14.5. The maximum Gasteiger partial charge on any atom is 0.323 e. The van der Waals surface area contributed by atoms with Gasteiger partial charge in [0.1, 0.15) is 11.6 Å². The van der Waals surface area contributed by atoms with Crippen molar-refractivity contribution < 1.29 is 19.1 Å². The molecule has 1 unspecified atom stereocenters. The van der Waals surface area contributed by atoms with E-state index in [4.69, 9.17) is 4.74 Å². The third-order valence-electron chi connectivity index (χ3n) is 3.23. The van der Waals surface area contributed by atoms with Gasteiger partial charge in [-0.2, -0.15) is 0 Å². The summed E-state index contributed by atoms with van der Waals surface area (Å²) in [4.78, 5) is 23.4. The summed E-state index contributed by atoms with van der Waals surface area (Å²) in [5, 5.41) is 2.99. The molecule has 1 saturated carbocycles. The molecule has 0 bridgehead atoms. The molecule has 1 rings (SSSR count). The van der Waals surface area contributed by atoms with Crippen LogP contribution in [-0.4, -0.2) is 37.2 Å². The Labute approximate surface area is 115 Å². The van der Waals surface area contributed by atoms with Crippen LogP contribution in [0.1, 0.15) is 46.5 Å². The van der Waals surface area contributed by atoms with Crippen molar-refractivity contribution in [2.45, 2.75) is 58.1 Å². The lowest BCUT2D eigenvalue weighted by atomic mass is 9.98. The SMILES string of the molecule is COC(=O)CNC(C(=O)OC(C)(C)C)C1CCCC1. The molecule has 1 atom stereocenters. The van der Waals surface area contributed by atoms with Gasteiger partial charge in [-0.3, -0.25) is 14.9 Å². The predicted molar refractivity (Wildman–Crippen MR) is 71.6 cm³/mol. The van der Waals surface area contributed by atoms with Crippen LogP contribution < -0.4 is 5.32 Å². The Kier molecular flexibility index (Phi) is 5.79. The van der Waals surface area contributed by atoms with E-state index >= 15 is 0 Å². The first-order valence-corrected chi connectivity index (χ1v) is 6.86. The fourth-order valence-corrected chi connectivity index (χ4v) is 2.36. The topological polar surface area (TPSA) is 64.6 Å². The van der Waals surface area contributed by atoms with Gasteiger partial charge < -0.3 is 9.47 Å². The Bertz CT molecular complexity index is 316. The lowest BCUT2D eigenvalue weighted by molar-refractivity contribution is -0.159. The van der Waals surface area contributed by atoms with E-state index in [0.29, 0.717) is 0 Å². The fourth-order valence-electron chi connectivity index (χ4n) is 2.36. The predicted octanol–water partition coefficient (Wildman–Crippen LogP) is 1.65. The highest BCUT2D eigenvalue weighted by molar-refractivity contribution is 5.78. The summed E-state index contributed by atoms with van der Waals surface area (Å²) in [7, 11) is 1.34. The standard InChI is InChI=1S/C14H25NO4/c1-14(2,3)19-13(17)12(10-7-5-6-8-10)15-9-11(16)18-4/h10,12,15H,5-9H2,1-4H3. The molecule has 1 N–H and O–H groups in total. The van der Waals surface area contributed by atoms with Crippen LogP contribution in [0.4, 0.5) is 0 Å². The fraction of sp³-hybridized carbons (Fsp3) is 0.857. The molecule has 19 heavy (non-hydrogen) atoms. The summed E-state index contributed by atoms with van der Waals surface area (Å²) >= 11 is 0. The summed E-state index contributed by atoms with van der Waals surface area (Å²) in [6.45, 7) is 5.57. The van der Waals surface area contributed by atoms with Crippen molar-refractivity contribution in [1.29, 1.82) is 0 Å². The van der Waals surface area contributed by atoms with E-state index in [-0.39, 0.29) is 24.4 Å². The van der Waals surface area contributed by atoms with Gasteiger partial charge in [-0.25, -0.2) is 0 Å². The quantitative estimate of drug-likeness (QED) is 0.770. The molecule has 5 heteroatoms. The average molecular weight is 271 g/mol. The minimum atomic E-state index is -0.513. The van der Waals surface area contributed by atoms with Gasteiger partial charge in [0.05, 0.1) is 13.7 Å². The monoisotopic (exact) mass is 271 g/mol. The van der Waals surface area contributed by atoms with E-state index < -0.39 is 11.6 Å². The van der Waals surface area contributed by atoms with Gasteiger partial charge in [-0.1, -0.05) is 12.8 Å². The lowest BCUT2D eigenvalue weighted by Gasteiger charge is -2.27. The molecule has 1 aliphatic rings. The Balaban J connectivity index is 2.62. The number of hydrogen-bond donors (Lipinski definition) is 1. The number of nitrogens with one attached hydrogen (secondary N) is 1. The zero-order valence-electron chi connectivity index (χ0n) is 12.3. The van der Waals surface area contributed by atoms with Crippen molar-refractivity contribution >= 4 is 11.9 Å². The van der Waals surface area contributed by atoms with Crippen molar-refractivity contribution in [3.05, 3.63) is 0 Å². The molecule has 0 saturated heterocycles. The molecule has 1 aliphatic carbocycles. The third-order valence-corrected chi connectivity index (χ3v) is 3.23. The molecule has 0 radical (unpaired) electrons. The molecule has 0 aliphatic heterocycles. The Hall–Kier alpha value is -1.10. The van der Waals surface area contributed by atoms with E-state index in [2.05, 4.69) is 10.1 Å². The van der Waals surface area contributed by atoms with Crippen molar-refractivity contribution in [3.63, 3.8) is 0 Å². The Morgan fingerprint density at radius 2 is 1.84 bits per heavy atom. The molecule has 1 fully saturated rings. The van der Waals surface area contributed by atoms with Crippen molar-refractivity contribution in [1.82, 2.24) is 5.32 Å². The number of hydrogen-bond acceptors (Lipinski definition) is 5. The third kappa shape index (κ3) is 5.59. The second-order valence-corrected chi connectivity index (χ2v) is 6.01. The van der Waals surface area contributed by atoms with Crippen LogP contribution in [0.25, 0.3) is 0 Å². The molecule has 0 spiro atoms. The van der Waals surface area contributed by atoms with Crippen LogP contribution in [0, 0.1) is 5.92 Å². The van der Waals surface area contributed by atoms with Gasteiger partial charge in [-0.15, -0.1) is 0 Å². The maximum absolute atomic E-state index is 12.2. The lowest BCUT2D eigenvalue weighted by Crippen LogP contribution is -2.47. The summed E-state index contributed by atoms with van der Waals surface area (Å²) < 4.78 is 10.0. The first-order chi connectivity index (χ1) is 8.83. The molecule has 0 amide bonds. The minimum Gasteiger partial charge on any atom is -0.468 e. The van der Waals surface area contributed by atoms with Crippen LogP contribution in [-0.2, 0) is 19.1 Å². The Morgan fingerprint density at radius 3 is 2.32 bits per heavy atom. The smallest absolute Gasteiger partial charge is 0.323 e. The molecule has 0 aromatic carbocycles. The van der Waals surface area contributed by atoms with E-state index in [1.165, 1.54) is 7.11 Å². The highest BCUT2D eigenvalue weighted by Crippen LogP contribution is 2.29. The van der Waals surface area contributed by atoms with E-state index in [0.717, 1.165) is 25.7 Å². The molecule has 110 valence electrons. The molecule has 5 nitrogen and oxygen atoms in total. The second kappa shape index (κ2) is 6.89. The highest BCUT2D eigenvalue weighted by Gasteiger charge is 2.33. The summed E-state index contributed by atoms with van der Waals surface area (Å²) in [5.74, 6) is -0.394. The van der Waals surface area contributed by atoms with Crippen molar-refractivity contribution in [2.75, 3.05) is 13.7 Å². The molecule has 0 aromatic rings. The summed E-state index contributed by atoms with van der Waals surface area (Å²) in [6.07, 6.45) is 4.25. The number of ether oxygens (including phenoxy) is 2. The van der Waals surface area contributed by atoms with Crippen molar-refractivity contribution in [3.8, 4) is 0 Å². The molecular weight excluding hydrogens is 246 g/mol. The first-order valence-electron chi connectivity index (χ1n) is 6.86. The highest BCUT2D eigenvalue weighted by atomic mass is 16.6. The summed E-state index contributed by atoms with van der Waals surface area (Å²) in [5.41, 5.74) is -0.513. The zero-order valence-corrected chi connectivity index (χ0v) is 12.3. The maximum atomic E-state index is 12.2. The van der Waals surface area contributed by atoms with E-state index in [9.17, 15) is 9.59 Å². The van der Waals surface area contributed by atoms with Crippen LogP contribution >= 0.6 is 0 Å². The van der Waals surface area contributed by atoms with Crippen LogP contribution in [0.2, 0.25) is 0 Å². The van der Waals surface area contributed by atoms with Crippen molar-refractivity contribution in [2.24, 2.45) is 5.92 Å². The van der Waals surface area contributed by atoms with Crippen LogP contribution in [0.15, 0.2) is 0 Å².